The summed E-state index contributed by atoms with van der Waals surface area (Å²) in [6, 6.07) is 8.75. The first-order chi connectivity index (χ1) is 10.1. The lowest BCUT2D eigenvalue weighted by Gasteiger charge is -2.28. The number of hydrogen-bond acceptors (Lipinski definition) is 3. The summed E-state index contributed by atoms with van der Waals surface area (Å²) >= 11 is 0. The molecule has 106 valence electrons. The minimum atomic E-state index is 0.0131. The van der Waals surface area contributed by atoms with Crippen LogP contribution in [0.25, 0.3) is 11.1 Å². The summed E-state index contributed by atoms with van der Waals surface area (Å²) in [5, 5.41) is 0. The molecule has 4 rings (SSSR count). The van der Waals surface area contributed by atoms with Gasteiger partial charge >= 0.3 is 0 Å². The second kappa shape index (κ2) is 4.10. The predicted molar refractivity (Wildman–Crippen MR) is 86.1 cm³/mol. The van der Waals surface area contributed by atoms with Crippen molar-refractivity contribution in [1.29, 1.82) is 0 Å². The van der Waals surface area contributed by atoms with E-state index in [1.54, 1.807) is 0 Å². The molecule has 0 saturated carbocycles. The summed E-state index contributed by atoms with van der Waals surface area (Å²) in [6.07, 6.45) is 8.18. The summed E-state index contributed by atoms with van der Waals surface area (Å²) in [4.78, 5) is 8.83. The van der Waals surface area contributed by atoms with Crippen LogP contribution in [0.4, 0.5) is 5.69 Å². The van der Waals surface area contributed by atoms with Gasteiger partial charge in [0.1, 0.15) is 0 Å². The van der Waals surface area contributed by atoms with Gasteiger partial charge in [0, 0.05) is 48.5 Å². The van der Waals surface area contributed by atoms with Gasteiger partial charge in [-0.2, -0.15) is 0 Å². The summed E-state index contributed by atoms with van der Waals surface area (Å²) in [5.41, 5.74) is 6.69. The van der Waals surface area contributed by atoms with Gasteiger partial charge in [-0.15, -0.1) is 0 Å². The third-order valence-electron chi connectivity index (χ3n) is 4.64. The topological polar surface area (TPSA) is 19.4 Å². The Morgan fingerprint density at radius 2 is 1.95 bits per heavy atom. The molecule has 1 aliphatic carbocycles. The molecule has 0 saturated heterocycles. The summed E-state index contributed by atoms with van der Waals surface area (Å²) in [7, 11) is 2.10. The summed E-state index contributed by atoms with van der Waals surface area (Å²) < 4.78 is 0. The Hall–Kier alpha value is -2.29. The molecule has 0 N–H and O–H groups in total. The van der Waals surface area contributed by atoms with E-state index in [1.807, 2.05) is 12.4 Å². The molecule has 1 aromatic carbocycles. The molecule has 1 aliphatic heterocycles. The lowest BCUT2D eigenvalue weighted by atomic mass is 9.81. The van der Waals surface area contributed by atoms with E-state index in [1.165, 1.54) is 27.9 Å². The van der Waals surface area contributed by atoms with Gasteiger partial charge in [-0.05, 0) is 28.8 Å². The molecule has 0 atom stereocenters. The minimum absolute atomic E-state index is 0.0131. The molecule has 2 heterocycles. The van der Waals surface area contributed by atoms with Gasteiger partial charge in [-0.1, -0.05) is 26.0 Å². The van der Waals surface area contributed by atoms with Gasteiger partial charge in [0.25, 0.3) is 0 Å². The Morgan fingerprint density at radius 3 is 2.71 bits per heavy atom. The van der Waals surface area contributed by atoms with E-state index in [0.717, 1.165) is 6.67 Å². The van der Waals surface area contributed by atoms with E-state index in [9.17, 15) is 0 Å². The highest BCUT2D eigenvalue weighted by molar-refractivity contribution is 5.86. The summed E-state index contributed by atoms with van der Waals surface area (Å²) in [5.74, 6) is 0. The molecule has 0 unspecified atom stereocenters. The number of rotatable bonds is 1. The molecule has 0 spiro atoms. The zero-order valence-electron chi connectivity index (χ0n) is 12.7. The Bertz CT molecular complexity index is 746. The van der Waals surface area contributed by atoms with Crippen molar-refractivity contribution >= 4 is 5.69 Å². The number of aromatic nitrogens is 1. The van der Waals surface area contributed by atoms with E-state index >= 15 is 0 Å². The van der Waals surface area contributed by atoms with Crippen LogP contribution < -0.4 is 4.90 Å². The summed E-state index contributed by atoms with van der Waals surface area (Å²) in [6.45, 7) is 5.52. The zero-order chi connectivity index (χ0) is 14.6. The standard InChI is InChI=1S/C18H19N3/c1-18(2)15-7-8-19-11-14(15)13-5-4-6-16(17(13)18)21-10-9-20(3)12-21/h4-11H,12H2,1-3H3. The maximum Gasteiger partial charge on any atom is 0.0939 e. The fraction of sp³-hybridized carbons (Fsp3) is 0.278. The molecule has 2 aromatic rings. The zero-order valence-corrected chi connectivity index (χ0v) is 12.7. The van der Waals surface area contributed by atoms with Crippen LogP contribution in [-0.4, -0.2) is 23.6 Å². The third-order valence-corrected chi connectivity index (χ3v) is 4.64. The minimum Gasteiger partial charge on any atom is -0.361 e. The van der Waals surface area contributed by atoms with Gasteiger partial charge in [0.15, 0.2) is 0 Å². The fourth-order valence-corrected chi connectivity index (χ4v) is 3.63. The van der Waals surface area contributed by atoms with Crippen LogP contribution in [0.1, 0.15) is 25.0 Å². The highest BCUT2D eigenvalue weighted by atomic mass is 15.3. The van der Waals surface area contributed by atoms with Crippen molar-refractivity contribution in [1.82, 2.24) is 9.88 Å². The molecule has 3 heteroatoms. The van der Waals surface area contributed by atoms with Gasteiger partial charge < -0.3 is 9.80 Å². The monoisotopic (exact) mass is 277 g/mol. The first kappa shape index (κ1) is 12.5. The number of nitrogens with zero attached hydrogens (tertiary/aromatic N) is 3. The maximum atomic E-state index is 4.32. The Balaban J connectivity index is 1.95. The first-order valence-electron chi connectivity index (χ1n) is 7.32. The van der Waals surface area contributed by atoms with Crippen LogP contribution in [0.2, 0.25) is 0 Å². The second-order valence-corrected chi connectivity index (χ2v) is 6.41. The van der Waals surface area contributed by atoms with Gasteiger partial charge in [-0.25, -0.2) is 0 Å². The van der Waals surface area contributed by atoms with Gasteiger partial charge in [0.05, 0.1) is 6.67 Å². The third kappa shape index (κ3) is 1.63. The average Bonchev–Trinajstić information content (AvgIpc) is 3.01. The molecule has 2 aliphatic rings. The lowest BCUT2D eigenvalue weighted by Crippen LogP contribution is -2.25. The molecule has 1 aromatic heterocycles. The molecule has 0 fully saturated rings. The van der Waals surface area contributed by atoms with Crippen molar-refractivity contribution in [2.45, 2.75) is 19.3 Å². The highest BCUT2D eigenvalue weighted by Gasteiger charge is 2.38. The van der Waals surface area contributed by atoms with Crippen LogP contribution in [0.5, 0.6) is 0 Å². The highest BCUT2D eigenvalue weighted by Crippen LogP contribution is 2.51. The number of pyridine rings is 1. The smallest absolute Gasteiger partial charge is 0.0939 e. The molecule has 21 heavy (non-hydrogen) atoms. The van der Waals surface area contributed by atoms with E-state index in [-0.39, 0.29) is 5.41 Å². The molecule has 3 nitrogen and oxygen atoms in total. The normalized spacial score (nSPS) is 18.0. The quantitative estimate of drug-likeness (QED) is 0.794. The second-order valence-electron chi connectivity index (χ2n) is 6.41. The molecule has 0 radical (unpaired) electrons. The predicted octanol–water partition coefficient (Wildman–Crippen LogP) is 3.57. The number of benzene rings is 1. The Labute approximate surface area is 125 Å². The van der Waals surface area contributed by atoms with Crippen LogP contribution in [0, 0.1) is 0 Å². The van der Waals surface area contributed by atoms with Crippen LogP contribution >= 0.6 is 0 Å². The molecular weight excluding hydrogens is 258 g/mol. The van der Waals surface area contributed by atoms with Crippen molar-refractivity contribution < 1.29 is 0 Å². The largest absolute Gasteiger partial charge is 0.361 e. The van der Waals surface area contributed by atoms with E-state index < -0.39 is 0 Å². The van der Waals surface area contributed by atoms with Crippen LogP contribution in [0.15, 0.2) is 49.1 Å². The van der Waals surface area contributed by atoms with E-state index in [4.69, 9.17) is 0 Å². The molecule has 0 bridgehead atoms. The van der Waals surface area contributed by atoms with Crippen LogP contribution in [-0.2, 0) is 5.41 Å². The van der Waals surface area contributed by atoms with Gasteiger partial charge in [0.2, 0.25) is 0 Å². The Kier molecular flexibility index (Phi) is 2.43. The molecular formula is C18H19N3. The lowest BCUT2D eigenvalue weighted by molar-refractivity contribution is 0.494. The maximum absolute atomic E-state index is 4.32. The Morgan fingerprint density at radius 1 is 1.10 bits per heavy atom. The van der Waals surface area contributed by atoms with Crippen molar-refractivity contribution in [2.75, 3.05) is 18.6 Å². The van der Waals surface area contributed by atoms with Crippen molar-refractivity contribution in [3.63, 3.8) is 0 Å². The molecule has 0 amide bonds. The fourth-order valence-electron chi connectivity index (χ4n) is 3.63. The van der Waals surface area contributed by atoms with Crippen molar-refractivity contribution in [2.24, 2.45) is 0 Å². The average molecular weight is 277 g/mol. The van der Waals surface area contributed by atoms with Crippen LogP contribution in [0.3, 0.4) is 0 Å². The number of hydrogen-bond donors (Lipinski definition) is 0. The SMILES string of the molecule is CN1C=CN(c2cccc3c2C(C)(C)c2ccncc2-3)C1. The van der Waals surface area contributed by atoms with E-state index in [0.29, 0.717) is 0 Å². The van der Waals surface area contributed by atoms with Crippen molar-refractivity contribution in [3.05, 3.63) is 60.2 Å². The number of fused-ring (bicyclic) bond motifs is 3. The number of anilines is 1. The first-order valence-corrected chi connectivity index (χ1v) is 7.32. The van der Waals surface area contributed by atoms with E-state index in [2.05, 4.69) is 72.3 Å². The van der Waals surface area contributed by atoms with Crippen molar-refractivity contribution in [3.8, 4) is 11.1 Å². The van der Waals surface area contributed by atoms with Gasteiger partial charge in [-0.3, -0.25) is 4.98 Å².